The summed E-state index contributed by atoms with van der Waals surface area (Å²) in [5, 5.41) is 7.95. The van der Waals surface area contributed by atoms with E-state index < -0.39 is 0 Å². The number of aryl methyl sites for hydroxylation is 2. The molecule has 3 rings (SSSR count). The van der Waals surface area contributed by atoms with Crippen LogP contribution in [0.1, 0.15) is 47.5 Å². The lowest BCUT2D eigenvalue weighted by Gasteiger charge is -2.12. The summed E-state index contributed by atoms with van der Waals surface area (Å²) in [7, 11) is 0. The zero-order valence-electron chi connectivity index (χ0n) is 15.5. The monoisotopic (exact) mass is 387 g/mol. The first kappa shape index (κ1) is 19.0. The molecule has 6 nitrogen and oxygen atoms in total. The van der Waals surface area contributed by atoms with E-state index in [2.05, 4.69) is 10.4 Å². The van der Waals surface area contributed by atoms with Gasteiger partial charge in [-0.2, -0.15) is 5.10 Å². The second kappa shape index (κ2) is 8.31. The lowest BCUT2D eigenvalue weighted by molar-refractivity contribution is 0.0907. The van der Waals surface area contributed by atoms with Gasteiger partial charge >= 0.3 is 0 Å². The summed E-state index contributed by atoms with van der Waals surface area (Å²) >= 11 is 5.93. The zero-order valence-corrected chi connectivity index (χ0v) is 16.3. The number of rotatable bonds is 7. The summed E-state index contributed by atoms with van der Waals surface area (Å²) in [5.41, 5.74) is 1.89. The summed E-state index contributed by atoms with van der Waals surface area (Å²) in [6, 6.07) is 10.3. The number of nitrogens with zero attached hydrogens (tertiary/aromatic N) is 2. The van der Waals surface area contributed by atoms with Crippen LogP contribution < -0.4 is 10.1 Å². The Morgan fingerprint density at radius 3 is 2.89 bits per heavy atom. The van der Waals surface area contributed by atoms with Gasteiger partial charge in [0.15, 0.2) is 5.76 Å². The maximum atomic E-state index is 12.5. The summed E-state index contributed by atoms with van der Waals surface area (Å²) in [6.45, 7) is 6.88. The van der Waals surface area contributed by atoms with Crippen LogP contribution in [-0.2, 0) is 13.2 Å². The third-order valence-electron chi connectivity index (χ3n) is 4.19. The van der Waals surface area contributed by atoms with Gasteiger partial charge in [0, 0.05) is 23.3 Å². The molecule has 0 saturated carbocycles. The molecule has 7 heteroatoms. The summed E-state index contributed by atoms with van der Waals surface area (Å²) < 4.78 is 13.1. The minimum absolute atomic E-state index is 0.172. The molecule has 0 spiro atoms. The molecule has 1 atom stereocenters. The largest absolute Gasteiger partial charge is 0.486 e. The van der Waals surface area contributed by atoms with Gasteiger partial charge in [-0.3, -0.25) is 9.48 Å². The van der Waals surface area contributed by atoms with Crippen molar-refractivity contribution in [2.75, 3.05) is 0 Å². The molecule has 2 heterocycles. The van der Waals surface area contributed by atoms with Gasteiger partial charge in [0.05, 0.1) is 11.7 Å². The van der Waals surface area contributed by atoms with E-state index in [9.17, 15) is 4.79 Å². The fourth-order valence-electron chi connectivity index (χ4n) is 2.75. The van der Waals surface area contributed by atoms with Gasteiger partial charge in [-0.1, -0.05) is 17.7 Å². The minimum Gasteiger partial charge on any atom is -0.486 e. The number of amides is 1. The molecule has 3 aromatic rings. The number of furan rings is 1. The van der Waals surface area contributed by atoms with Gasteiger partial charge in [0.1, 0.15) is 18.1 Å². The standard InChI is InChI=1S/C20H22ClN3O3/c1-4-24-11-18(14(3)23-24)13(2)22-20(25)19-9-8-17(27-19)12-26-16-7-5-6-15(21)10-16/h5-11,13H,4,12H2,1-3H3,(H,22,25). The SMILES string of the molecule is CCn1cc(C(C)NC(=O)c2ccc(COc3cccc(Cl)c3)o2)c(C)n1. The van der Waals surface area contributed by atoms with Crippen LogP contribution in [-0.4, -0.2) is 15.7 Å². The molecule has 0 aliphatic rings. The smallest absolute Gasteiger partial charge is 0.287 e. The maximum Gasteiger partial charge on any atom is 0.287 e. The van der Waals surface area contributed by atoms with Crippen LogP contribution in [0.4, 0.5) is 0 Å². The third kappa shape index (κ3) is 4.71. The number of ether oxygens (including phenoxy) is 1. The number of aromatic nitrogens is 2. The van der Waals surface area contributed by atoms with Crippen molar-refractivity contribution in [2.24, 2.45) is 0 Å². The average molecular weight is 388 g/mol. The van der Waals surface area contributed by atoms with E-state index in [0.29, 0.717) is 16.5 Å². The van der Waals surface area contributed by atoms with E-state index in [-0.39, 0.29) is 24.3 Å². The van der Waals surface area contributed by atoms with Crippen molar-refractivity contribution < 1.29 is 13.9 Å². The highest BCUT2D eigenvalue weighted by Crippen LogP contribution is 2.20. The molecule has 2 aromatic heterocycles. The lowest BCUT2D eigenvalue weighted by Crippen LogP contribution is -2.26. The Morgan fingerprint density at radius 2 is 2.19 bits per heavy atom. The summed E-state index contributed by atoms with van der Waals surface area (Å²) in [5.74, 6) is 1.16. The average Bonchev–Trinajstić information content (AvgIpc) is 3.26. The second-order valence-corrected chi connectivity index (χ2v) is 6.67. The maximum absolute atomic E-state index is 12.5. The molecule has 0 saturated heterocycles. The van der Waals surface area contributed by atoms with E-state index >= 15 is 0 Å². The van der Waals surface area contributed by atoms with Crippen LogP contribution in [0.25, 0.3) is 0 Å². The predicted molar refractivity (Wildman–Crippen MR) is 103 cm³/mol. The number of hydrogen-bond acceptors (Lipinski definition) is 4. The second-order valence-electron chi connectivity index (χ2n) is 6.23. The zero-order chi connectivity index (χ0) is 19.4. The quantitative estimate of drug-likeness (QED) is 0.646. The third-order valence-corrected chi connectivity index (χ3v) is 4.42. The van der Waals surface area contributed by atoms with E-state index in [1.165, 1.54) is 0 Å². The predicted octanol–water partition coefficient (Wildman–Crippen LogP) is 4.53. The molecular weight excluding hydrogens is 366 g/mol. The number of carbonyl (C=O) groups excluding carboxylic acids is 1. The van der Waals surface area contributed by atoms with Gasteiger partial charge in [0.25, 0.3) is 5.91 Å². The molecular formula is C20H22ClN3O3. The van der Waals surface area contributed by atoms with Crippen LogP contribution in [0, 0.1) is 6.92 Å². The van der Waals surface area contributed by atoms with Crippen molar-refractivity contribution in [1.82, 2.24) is 15.1 Å². The van der Waals surface area contributed by atoms with Crippen molar-refractivity contribution in [3.05, 3.63) is 70.4 Å². The molecule has 0 aliphatic heterocycles. The Hall–Kier alpha value is -2.73. The van der Waals surface area contributed by atoms with Gasteiger partial charge in [-0.25, -0.2) is 0 Å². The Kier molecular flexibility index (Phi) is 5.86. The summed E-state index contributed by atoms with van der Waals surface area (Å²) in [4.78, 5) is 12.5. The molecule has 1 unspecified atom stereocenters. The van der Waals surface area contributed by atoms with E-state index in [4.69, 9.17) is 20.8 Å². The Bertz CT molecular complexity index is 932. The first-order valence-corrected chi connectivity index (χ1v) is 9.16. The van der Waals surface area contributed by atoms with Crippen LogP contribution in [0.5, 0.6) is 5.75 Å². The molecule has 0 radical (unpaired) electrons. The fourth-order valence-corrected chi connectivity index (χ4v) is 2.93. The van der Waals surface area contributed by atoms with Crippen molar-refractivity contribution in [3.8, 4) is 5.75 Å². The molecule has 1 N–H and O–H groups in total. The Balaban J connectivity index is 1.60. The van der Waals surface area contributed by atoms with Crippen molar-refractivity contribution in [2.45, 2.75) is 40.0 Å². The highest BCUT2D eigenvalue weighted by molar-refractivity contribution is 6.30. The van der Waals surface area contributed by atoms with Gasteiger partial charge in [0.2, 0.25) is 0 Å². The topological polar surface area (TPSA) is 69.3 Å². The van der Waals surface area contributed by atoms with Crippen molar-refractivity contribution >= 4 is 17.5 Å². The molecule has 1 aromatic carbocycles. The highest BCUT2D eigenvalue weighted by Gasteiger charge is 2.18. The van der Waals surface area contributed by atoms with Gasteiger partial charge < -0.3 is 14.5 Å². The number of carbonyl (C=O) groups is 1. The number of nitrogens with one attached hydrogen (secondary N) is 1. The first-order valence-electron chi connectivity index (χ1n) is 8.78. The van der Waals surface area contributed by atoms with Crippen molar-refractivity contribution in [1.29, 1.82) is 0 Å². The van der Waals surface area contributed by atoms with Crippen LogP contribution in [0.15, 0.2) is 47.0 Å². The number of hydrogen-bond donors (Lipinski definition) is 1. The molecule has 0 fully saturated rings. The Morgan fingerprint density at radius 1 is 1.37 bits per heavy atom. The normalized spacial score (nSPS) is 12.0. The lowest BCUT2D eigenvalue weighted by atomic mass is 10.1. The minimum atomic E-state index is -0.278. The van der Waals surface area contributed by atoms with E-state index in [1.54, 1.807) is 24.3 Å². The Labute approximate surface area is 163 Å². The van der Waals surface area contributed by atoms with Crippen LogP contribution >= 0.6 is 11.6 Å². The van der Waals surface area contributed by atoms with Gasteiger partial charge in [-0.15, -0.1) is 0 Å². The molecule has 27 heavy (non-hydrogen) atoms. The molecule has 1 amide bonds. The van der Waals surface area contributed by atoms with Gasteiger partial charge in [-0.05, 0) is 51.1 Å². The van der Waals surface area contributed by atoms with E-state index in [1.807, 2.05) is 43.8 Å². The van der Waals surface area contributed by atoms with E-state index in [0.717, 1.165) is 17.8 Å². The van der Waals surface area contributed by atoms with Crippen LogP contribution in [0.3, 0.4) is 0 Å². The molecule has 142 valence electrons. The molecule has 0 aliphatic carbocycles. The fraction of sp³-hybridized carbons (Fsp3) is 0.300. The van der Waals surface area contributed by atoms with Crippen LogP contribution in [0.2, 0.25) is 5.02 Å². The molecule has 0 bridgehead atoms. The number of halogens is 1. The van der Waals surface area contributed by atoms with Crippen molar-refractivity contribution in [3.63, 3.8) is 0 Å². The summed E-state index contributed by atoms with van der Waals surface area (Å²) in [6.07, 6.45) is 1.95. The first-order chi connectivity index (χ1) is 13.0. The highest BCUT2D eigenvalue weighted by atomic mass is 35.5. The number of benzene rings is 1.